The van der Waals surface area contributed by atoms with Gasteiger partial charge in [-0.25, -0.2) is 4.79 Å². The third-order valence-corrected chi connectivity index (χ3v) is 5.28. The number of cyclic esters (lactones) is 1. The van der Waals surface area contributed by atoms with Crippen molar-refractivity contribution < 1.29 is 28.6 Å². The minimum absolute atomic E-state index is 0.107. The van der Waals surface area contributed by atoms with Crippen molar-refractivity contribution in [2.75, 3.05) is 7.11 Å². The molecule has 0 saturated carbocycles. The molecule has 2 aliphatic heterocycles. The van der Waals surface area contributed by atoms with Crippen LogP contribution in [-0.4, -0.2) is 36.5 Å². The molecule has 0 radical (unpaired) electrons. The van der Waals surface area contributed by atoms with E-state index in [4.69, 9.17) is 9.47 Å². The van der Waals surface area contributed by atoms with Gasteiger partial charge in [0.05, 0.1) is 13.5 Å². The first-order chi connectivity index (χ1) is 13.4. The fourth-order valence-electron chi connectivity index (χ4n) is 3.54. The number of hydrogen-bond acceptors (Lipinski definition) is 6. The number of carbonyl (C=O) groups is 3. The molecule has 2 aliphatic rings. The molecule has 0 aromatic carbocycles. The van der Waals surface area contributed by atoms with E-state index in [0.717, 1.165) is 19.3 Å². The van der Waals surface area contributed by atoms with Gasteiger partial charge in [-0.05, 0) is 31.9 Å². The van der Waals surface area contributed by atoms with E-state index in [2.05, 4.69) is 11.7 Å². The van der Waals surface area contributed by atoms with Gasteiger partial charge >= 0.3 is 11.9 Å². The highest BCUT2D eigenvalue weighted by molar-refractivity contribution is 6.24. The SMILES string of the molecule is CCCCCCCCCC[C@]1(C)C=C/C(=C2/C(=O)O[C@@H](CC(=O)OC)C2=O)O1. The van der Waals surface area contributed by atoms with Crippen molar-refractivity contribution in [3.63, 3.8) is 0 Å². The van der Waals surface area contributed by atoms with Crippen LogP contribution in [0.25, 0.3) is 0 Å². The standard InChI is InChI=1S/C22H32O6/c1-4-5-6-7-8-9-10-11-13-22(2)14-12-16(28-22)19-20(24)17(27-21(19)25)15-18(23)26-3/h12,14,17H,4-11,13,15H2,1-3H3/b19-16-/t17-,22+/m0/s1. The van der Waals surface area contributed by atoms with Crippen molar-refractivity contribution >= 4 is 17.7 Å². The Morgan fingerprint density at radius 3 is 2.39 bits per heavy atom. The lowest BCUT2D eigenvalue weighted by molar-refractivity contribution is -0.149. The van der Waals surface area contributed by atoms with Crippen LogP contribution >= 0.6 is 0 Å². The fourth-order valence-corrected chi connectivity index (χ4v) is 3.54. The minimum Gasteiger partial charge on any atom is -0.482 e. The maximum absolute atomic E-state index is 12.4. The lowest BCUT2D eigenvalue weighted by atomic mass is 9.98. The first-order valence-corrected chi connectivity index (χ1v) is 10.3. The quantitative estimate of drug-likeness (QED) is 0.227. The van der Waals surface area contributed by atoms with Crippen LogP contribution < -0.4 is 0 Å². The molecule has 6 heteroatoms. The second kappa shape index (κ2) is 10.4. The number of ketones is 1. The number of allylic oxidation sites excluding steroid dienone is 1. The zero-order valence-electron chi connectivity index (χ0n) is 17.3. The molecule has 0 amide bonds. The summed E-state index contributed by atoms with van der Waals surface area (Å²) >= 11 is 0. The van der Waals surface area contributed by atoms with Crippen LogP contribution in [0.2, 0.25) is 0 Å². The van der Waals surface area contributed by atoms with E-state index in [0.29, 0.717) is 0 Å². The molecule has 0 N–H and O–H groups in total. The van der Waals surface area contributed by atoms with Gasteiger partial charge in [0.2, 0.25) is 5.78 Å². The van der Waals surface area contributed by atoms with Crippen LogP contribution in [0.15, 0.2) is 23.5 Å². The Morgan fingerprint density at radius 1 is 1.11 bits per heavy atom. The summed E-state index contributed by atoms with van der Waals surface area (Å²) in [6.45, 7) is 4.17. The van der Waals surface area contributed by atoms with E-state index in [1.165, 1.54) is 45.6 Å². The van der Waals surface area contributed by atoms with Crippen molar-refractivity contribution in [2.45, 2.75) is 89.8 Å². The van der Waals surface area contributed by atoms with Crippen LogP contribution in [0.3, 0.4) is 0 Å². The van der Waals surface area contributed by atoms with Crippen LogP contribution in [-0.2, 0) is 28.6 Å². The van der Waals surface area contributed by atoms with E-state index < -0.39 is 29.4 Å². The van der Waals surface area contributed by atoms with Gasteiger partial charge < -0.3 is 14.2 Å². The zero-order chi connectivity index (χ0) is 20.6. The Balaban J connectivity index is 1.83. The summed E-state index contributed by atoms with van der Waals surface area (Å²) in [5.74, 6) is -1.62. The largest absolute Gasteiger partial charge is 0.482 e. The molecular weight excluding hydrogens is 360 g/mol. The summed E-state index contributed by atoms with van der Waals surface area (Å²) in [6.07, 6.45) is 12.8. The van der Waals surface area contributed by atoms with Crippen LogP contribution in [0.5, 0.6) is 0 Å². The summed E-state index contributed by atoms with van der Waals surface area (Å²) in [6, 6.07) is 0. The lowest BCUT2D eigenvalue weighted by Gasteiger charge is -2.23. The first-order valence-electron chi connectivity index (χ1n) is 10.3. The molecule has 156 valence electrons. The molecule has 0 bridgehead atoms. The van der Waals surface area contributed by atoms with Gasteiger partial charge in [0, 0.05) is 0 Å². The van der Waals surface area contributed by atoms with Gasteiger partial charge in [-0.3, -0.25) is 9.59 Å². The van der Waals surface area contributed by atoms with Gasteiger partial charge in [-0.2, -0.15) is 0 Å². The Labute approximate surface area is 167 Å². The van der Waals surface area contributed by atoms with E-state index in [9.17, 15) is 14.4 Å². The first kappa shape index (κ1) is 22.2. The van der Waals surface area contributed by atoms with Crippen molar-refractivity contribution in [3.05, 3.63) is 23.5 Å². The van der Waals surface area contributed by atoms with Gasteiger partial charge in [0.25, 0.3) is 0 Å². The predicted octanol–water partition coefficient (Wildman–Crippen LogP) is 4.17. The second-order valence-electron chi connectivity index (χ2n) is 7.75. The van der Waals surface area contributed by atoms with Gasteiger partial charge in [0.1, 0.15) is 16.9 Å². The normalized spacial score (nSPS) is 26.5. The third-order valence-electron chi connectivity index (χ3n) is 5.28. The molecule has 2 rings (SSSR count). The molecule has 1 saturated heterocycles. The Kier molecular flexibility index (Phi) is 8.27. The molecule has 0 unspecified atom stereocenters. The van der Waals surface area contributed by atoms with Crippen LogP contribution in [0, 0.1) is 0 Å². The summed E-state index contributed by atoms with van der Waals surface area (Å²) in [5, 5.41) is 0. The maximum Gasteiger partial charge on any atom is 0.346 e. The summed E-state index contributed by atoms with van der Waals surface area (Å²) < 4.78 is 15.5. The van der Waals surface area contributed by atoms with E-state index >= 15 is 0 Å². The lowest BCUT2D eigenvalue weighted by Crippen LogP contribution is -2.23. The fraction of sp³-hybridized carbons (Fsp3) is 0.682. The maximum atomic E-state index is 12.4. The average molecular weight is 392 g/mol. The van der Waals surface area contributed by atoms with Crippen LogP contribution in [0.4, 0.5) is 0 Å². The minimum atomic E-state index is -1.13. The molecule has 0 aromatic rings. The molecular formula is C22H32O6. The van der Waals surface area contributed by atoms with Crippen molar-refractivity contribution in [1.29, 1.82) is 0 Å². The Bertz CT molecular complexity index is 647. The Hall–Kier alpha value is -2.11. The van der Waals surface area contributed by atoms with Gasteiger partial charge in [-0.15, -0.1) is 0 Å². The number of Topliss-reactive ketones (excluding diaryl/α,β-unsaturated/α-hetero) is 1. The summed E-state index contributed by atoms with van der Waals surface area (Å²) in [7, 11) is 1.22. The summed E-state index contributed by atoms with van der Waals surface area (Å²) in [4.78, 5) is 35.9. The number of rotatable bonds is 11. The predicted molar refractivity (Wildman–Crippen MR) is 104 cm³/mol. The zero-order valence-corrected chi connectivity index (χ0v) is 17.3. The number of carbonyl (C=O) groups excluding carboxylic acids is 3. The number of unbranched alkanes of at least 4 members (excludes halogenated alkanes) is 7. The van der Waals surface area contributed by atoms with Crippen LogP contribution in [0.1, 0.15) is 78.1 Å². The molecule has 2 heterocycles. The molecule has 28 heavy (non-hydrogen) atoms. The topological polar surface area (TPSA) is 78.9 Å². The molecule has 2 atom stereocenters. The number of hydrogen-bond donors (Lipinski definition) is 0. The highest BCUT2D eigenvalue weighted by Crippen LogP contribution is 2.35. The average Bonchev–Trinajstić information content (AvgIpc) is 3.17. The summed E-state index contributed by atoms with van der Waals surface area (Å²) in [5.41, 5.74) is -0.629. The number of methoxy groups -OCH3 is 1. The van der Waals surface area contributed by atoms with Crippen molar-refractivity contribution in [3.8, 4) is 0 Å². The van der Waals surface area contributed by atoms with Gasteiger partial charge in [0.15, 0.2) is 6.10 Å². The Morgan fingerprint density at radius 2 is 1.75 bits per heavy atom. The molecule has 0 aliphatic carbocycles. The van der Waals surface area contributed by atoms with Crippen molar-refractivity contribution in [2.24, 2.45) is 0 Å². The highest BCUT2D eigenvalue weighted by atomic mass is 16.6. The third kappa shape index (κ3) is 5.94. The van der Waals surface area contributed by atoms with E-state index in [1.807, 2.05) is 13.0 Å². The monoisotopic (exact) mass is 392 g/mol. The van der Waals surface area contributed by atoms with E-state index in [1.54, 1.807) is 6.08 Å². The number of ether oxygens (including phenoxy) is 3. The second-order valence-corrected chi connectivity index (χ2v) is 7.75. The van der Waals surface area contributed by atoms with E-state index in [-0.39, 0.29) is 17.8 Å². The number of esters is 2. The van der Waals surface area contributed by atoms with Crippen molar-refractivity contribution in [1.82, 2.24) is 0 Å². The molecule has 1 fully saturated rings. The van der Waals surface area contributed by atoms with Gasteiger partial charge in [-0.1, -0.05) is 51.9 Å². The molecule has 6 nitrogen and oxygen atoms in total. The molecule has 0 spiro atoms. The smallest absolute Gasteiger partial charge is 0.346 e. The molecule has 0 aromatic heterocycles. The highest BCUT2D eigenvalue weighted by Gasteiger charge is 2.44.